The summed E-state index contributed by atoms with van der Waals surface area (Å²) in [5, 5.41) is 9.46. The summed E-state index contributed by atoms with van der Waals surface area (Å²) in [7, 11) is 2.07. The van der Waals surface area contributed by atoms with Crippen molar-refractivity contribution in [2.24, 2.45) is 13.0 Å². The summed E-state index contributed by atoms with van der Waals surface area (Å²) in [6.45, 7) is 14.1. The summed E-state index contributed by atoms with van der Waals surface area (Å²) in [5.74, 6) is 2.30. The third-order valence-electron chi connectivity index (χ3n) is 6.53. The lowest BCUT2D eigenvalue weighted by atomic mass is 10.0. The Morgan fingerprint density at radius 2 is 1.97 bits per heavy atom. The van der Waals surface area contributed by atoms with Gasteiger partial charge < -0.3 is 19.9 Å². The Labute approximate surface area is 191 Å². The molecule has 0 bridgehead atoms. The fraction of sp³-hybridized carbons (Fsp3) is 0.625. The number of anilines is 2. The first-order valence-electron chi connectivity index (χ1n) is 11.5. The summed E-state index contributed by atoms with van der Waals surface area (Å²) in [6, 6.07) is 6.19. The number of aromatic nitrogens is 2. The van der Waals surface area contributed by atoms with Crippen molar-refractivity contribution in [2.45, 2.75) is 39.7 Å². The van der Waals surface area contributed by atoms with Gasteiger partial charge in [0.15, 0.2) is 0 Å². The molecule has 4 rings (SSSR count). The molecule has 1 aromatic carbocycles. The van der Waals surface area contributed by atoms with E-state index in [4.69, 9.17) is 21.4 Å². The molecule has 1 unspecified atom stereocenters. The van der Waals surface area contributed by atoms with Gasteiger partial charge >= 0.3 is 0 Å². The van der Waals surface area contributed by atoms with E-state index in [0.29, 0.717) is 11.8 Å². The highest BCUT2D eigenvalue weighted by Crippen LogP contribution is 2.31. The molecule has 1 aromatic heterocycles. The maximum absolute atomic E-state index is 6.25. The lowest BCUT2D eigenvalue weighted by Gasteiger charge is -2.30. The normalized spacial score (nSPS) is 19.6. The molecule has 31 heavy (non-hydrogen) atoms. The molecule has 2 saturated heterocycles. The van der Waals surface area contributed by atoms with Crippen molar-refractivity contribution in [3.63, 3.8) is 0 Å². The van der Waals surface area contributed by atoms with E-state index < -0.39 is 0 Å². The number of benzene rings is 1. The molecule has 0 saturated carbocycles. The number of halogens is 1. The Balaban J connectivity index is 1.40. The zero-order valence-electron chi connectivity index (χ0n) is 19.3. The fourth-order valence-corrected chi connectivity index (χ4v) is 5.09. The monoisotopic (exact) mass is 445 g/mol. The maximum atomic E-state index is 6.25. The third kappa shape index (κ3) is 5.02. The van der Waals surface area contributed by atoms with Crippen LogP contribution in [0.25, 0.3) is 0 Å². The minimum atomic E-state index is 0.408. The van der Waals surface area contributed by atoms with Crippen molar-refractivity contribution in [3.05, 3.63) is 40.0 Å². The molecular weight excluding hydrogens is 410 g/mol. The van der Waals surface area contributed by atoms with Gasteiger partial charge in [0.25, 0.3) is 0 Å². The predicted molar refractivity (Wildman–Crippen MR) is 129 cm³/mol. The average molecular weight is 446 g/mol. The molecular formula is C24H36ClN5O. The highest BCUT2D eigenvalue weighted by atomic mass is 35.5. The Bertz CT molecular complexity index is 890. The minimum absolute atomic E-state index is 0.408. The molecule has 7 heteroatoms. The number of rotatable bonds is 7. The molecule has 2 aliphatic rings. The first kappa shape index (κ1) is 22.4. The van der Waals surface area contributed by atoms with Crippen LogP contribution in [0.2, 0.25) is 5.02 Å². The van der Waals surface area contributed by atoms with Crippen LogP contribution < -0.4 is 15.1 Å². The van der Waals surface area contributed by atoms with Gasteiger partial charge in [-0.1, -0.05) is 31.5 Å². The number of ether oxygens (including phenoxy) is 1. The molecule has 3 heterocycles. The summed E-state index contributed by atoms with van der Waals surface area (Å²) in [5.41, 5.74) is 5.13. The van der Waals surface area contributed by atoms with E-state index in [9.17, 15) is 0 Å². The molecule has 2 aliphatic heterocycles. The fourth-order valence-electron chi connectivity index (χ4n) is 4.93. The van der Waals surface area contributed by atoms with E-state index in [-0.39, 0.29) is 0 Å². The Hall–Kier alpha value is -1.76. The van der Waals surface area contributed by atoms with Crippen LogP contribution in [0.15, 0.2) is 18.2 Å². The Kier molecular flexibility index (Phi) is 7.09. The van der Waals surface area contributed by atoms with E-state index in [1.54, 1.807) is 0 Å². The minimum Gasteiger partial charge on any atom is -0.378 e. The van der Waals surface area contributed by atoms with Crippen molar-refractivity contribution in [1.29, 1.82) is 0 Å². The van der Waals surface area contributed by atoms with Crippen molar-refractivity contribution in [2.75, 3.05) is 55.7 Å². The van der Waals surface area contributed by atoms with Crippen molar-refractivity contribution in [1.82, 2.24) is 15.1 Å². The predicted octanol–water partition coefficient (Wildman–Crippen LogP) is 3.96. The SMILES string of the molecule is Cc1ccc(Cl)cc1N1CCC(CNCc2c(C(C)C)nn(C)c2N2CCOCC2)C1. The molecule has 6 nitrogen and oxygen atoms in total. The molecule has 0 amide bonds. The van der Waals surface area contributed by atoms with Crippen LogP contribution in [0.1, 0.15) is 43.0 Å². The summed E-state index contributed by atoms with van der Waals surface area (Å²) in [4.78, 5) is 4.91. The topological polar surface area (TPSA) is 45.6 Å². The maximum Gasteiger partial charge on any atom is 0.131 e. The van der Waals surface area contributed by atoms with Gasteiger partial charge in [-0.15, -0.1) is 0 Å². The molecule has 170 valence electrons. The van der Waals surface area contributed by atoms with Crippen molar-refractivity contribution in [3.8, 4) is 0 Å². The smallest absolute Gasteiger partial charge is 0.131 e. The van der Waals surface area contributed by atoms with Gasteiger partial charge in [0, 0.05) is 62.6 Å². The third-order valence-corrected chi connectivity index (χ3v) is 6.77. The second-order valence-electron chi connectivity index (χ2n) is 9.23. The zero-order valence-corrected chi connectivity index (χ0v) is 20.1. The van der Waals surface area contributed by atoms with Gasteiger partial charge in [0.05, 0.1) is 18.9 Å². The van der Waals surface area contributed by atoms with Crippen molar-refractivity contribution >= 4 is 23.1 Å². The quantitative estimate of drug-likeness (QED) is 0.698. The van der Waals surface area contributed by atoms with Crippen LogP contribution in [0.5, 0.6) is 0 Å². The standard InChI is InChI=1S/C24H36ClN5O/c1-17(2)23-21(24(28(4)27-23)29-9-11-31-12-10-29)15-26-14-19-7-8-30(16-19)22-13-20(25)6-5-18(22)3/h5-6,13,17,19,26H,7-12,14-16H2,1-4H3. The molecule has 2 aromatic rings. The van der Waals surface area contributed by atoms with E-state index in [2.05, 4.69) is 59.8 Å². The summed E-state index contributed by atoms with van der Waals surface area (Å²) >= 11 is 6.25. The van der Waals surface area contributed by atoms with E-state index >= 15 is 0 Å². The van der Waals surface area contributed by atoms with Crippen LogP contribution in [0.3, 0.4) is 0 Å². The number of nitrogens with zero attached hydrogens (tertiary/aromatic N) is 4. The molecule has 0 spiro atoms. The van der Waals surface area contributed by atoms with Crippen molar-refractivity contribution < 1.29 is 4.74 Å². The number of hydrogen-bond acceptors (Lipinski definition) is 5. The zero-order chi connectivity index (χ0) is 22.0. The number of morpholine rings is 1. The van der Waals surface area contributed by atoms with Gasteiger partial charge in [0.1, 0.15) is 5.82 Å². The number of nitrogens with one attached hydrogen (secondary N) is 1. The Morgan fingerprint density at radius 1 is 1.19 bits per heavy atom. The van der Waals surface area contributed by atoms with Crippen LogP contribution in [0, 0.1) is 12.8 Å². The van der Waals surface area contributed by atoms with E-state index in [1.807, 2.05) is 6.07 Å². The van der Waals surface area contributed by atoms with Crippen LogP contribution in [-0.2, 0) is 18.3 Å². The second kappa shape index (κ2) is 9.80. The molecule has 0 radical (unpaired) electrons. The van der Waals surface area contributed by atoms with Gasteiger partial charge in [0.2, 0.25) is 0 Å². The van der Waals surface area contributed by atoms with Gasteiger partial charge in [-0.25, -0.2) is 0 Å². The number of aryl methyl sites for hydroxylation is 2. The largest absolute Gasteiger partial charge is 0.378 e. The van der Waals surface area contributed by atoms with Crippen LogP contribution >= 0.6 is 11.6 Å². The van der Waals surface area contributed by atoms with Crippen LogP contribution in [-0.4, -0.2) is 55.7 Å². The summed E-state index contributed by atoms with van der Waals surface area (Å²) < 4.78 is 7.63. The molecule has 2 fully saturated rings. The Morgan fingerprint density at radius 3 is 2.71 bits per heavy atom. The van der Waals surface area contributed by atoms with Gasteiger partial charge in [-0.05, 0) is 42.9 Å². The van der Waals surface area contributed by atoms with E-state index in [1.165, 1.54) is 34.7 Å². The highest BCUT2D eigenvalue weighted by Gasteiger charge is 2.26. The van der Waals surface area contributed by atoms with Gasteiger partial charge in [-0.2, -0.15) is 5.10 Å². The lowest BCUT2D eigenvalue weighted by molar-refractivity contribution is 0.122. The van der Waals surface area contributed by atoms with Crippen LogP contribution in [0.4, 0.5) is 11.5 Å². The number of hydrogen-bond donors (Lipinski definition) is 1. The average Bonchev–Trinajstić information content (AvgIpc) is 3.35. The molecule has 1 N–H and O–H groups in total. The van der Waals surface area contributed by atoms with E-state index in [0.717, 1.165) is 57.5 Å². The highest BCUT2D eigenvalue weighted by molar-refractivity contribution is 6.30. The molecule has 1 atom stereocenters. The first-order chi connectivity index (χ1) is 14.9. The first-order valence-corrected chi connectivity index (χ1v) is 11.9. The molecule has 0 aliphatic carbocycles. The lowest BCUT2D eigenvalue weighted by Crippen LogP contribution is -2.38. The summed E-state index contributed by atoms with van der Waals surface area (Å²) in [6.07, 6.45) is 1.21. The van der Waals surface area contributed by atoms with Gasteiger partial charge in [-0.3, -0.25) is 4.68 Å². The second-order valence-corrected chi connectivity index (χ2v) is 9.66.